The first kappa shape index (κ1) is 21.3. The lowest BCUT2D eigenvalue weighted by atomic mass is 9.87. The van der Waals surface area contributed by atoms with Gasteiger partial charge >= 0.3 is 0 Å². The molecule has 0 spiro atoms. The summed E-state index contributed by atoms with van der Waals surface area (Å²) in [5, 5.41) is 78.2. The van der Waals surface area contributed by atoms with Gasteiger partial charge in [-0.2, -0.15) is 0 Å². The fraction of sp³-hybridized carbons (Fsp3) is 0.923. The molecule has 0 radical (unpaired) electrons. The highest BCUT2D eigenvalue weighted by atomic mass is 16.8. The van der Waals surface area contributed by atoms with Gasteiger partial charge in [0.25, 0.3) is 5.91 Å². The second-order valence-electron chi connectivity index (χ2n) is 6.14. The predicted octanol–water partition coefficient (Wildman–Crippen LogP) is -6.54. The first-order valence-electron chi connectivity index (χ1n) is 7.67. The molecule has 0 aromatic carbocycles. The minimum atomic E-state index is -3.06. The number of rotatable bonds is 6. The first-order chi connectivity index (χ1) is 12.1. The van der Waals surface area contributed by atoms with Crippen molar-refractivity contribution in [3.05, 3.63) is 0 Å². The lowest BCUT2D eigenvalue weighted by Gasteiger charge is -2.45. The lowest BCUT2D eigenvalue weighted by molar-refractivity contribution is -0.392. The summed E-state index contributed by atoms with van der Waals surface area (Å²) in [5.41, 5.74) is 2.04. The number of carbonyl (C=O) groups excluding carboxylic acids is 1. The fourth-order valence-corrected chi connectivity index (χ4v) is 3.03. The van der Waals surface area contributed by atoms with Crippen molar-refractivity contribution >= 4 is 5.91 Å². The van der Waals surface area contributed by atoms with Crippen LogP contribution in [0.4, 0.5) is 0 Å². The number of carbonyl (C=O) groups is 1. The molecule has 0 aromatic rings. The van der Waals surface area contributed by atoms with Crippen molar-refractivity contribution in [1.29, 1.82) is 0 Å². The molecule has 1 amide bonds. The molecule has 2 fully saturated rings. The molecular formula is C13H23NO12. The van der Waals surface area contributed by atoms with Crippen LogP contribution in [0.2, 0.25) is 0 Å². The molecule has 13 nitrogen and oxygen atoms in total. The van der Waals surface area contributed by atoms with Gasteiger partial charge in [0.2, 0.25) is 11.4 Å². The van der Waals surface area contributed by atoms with Crippen LogP contribution in [0.3, 0.4) is 0 Å². The summed E-state index contributed by atoms with van der Waals surface area (Å²) in [7, 11) is 0. The second-order valence-corrected chi connectivity index (χ2v) is 6.14. The van der Waals surface area contributed by atoms with Gasteiger partial charge in [-0.15, -0.1) is 0 Å². The van der Waals surface area contributed by atoms with E-state index in [1.165, 1.54) is 0 Å². The number of nitrogens with two attached hydrogens (primary N) is 1. The predicted molar refractivity (Wildman–Crippen MR) is 76.8 cm³/mol. The van der Waals surface area contributed by atoms with E-state index in [9.17, 15) is 40.5 Å². The molecule has 26 heavy (non-hydrogen) atoms. The van der Waals surface area contributed by atoms with Crippen molar-refractivity contribution in [3.63, 3.8) is 0 Å². The Kier molecular flexibility index (Phi) is 6.21. The summed E-state index contributed by atoms with van der Waals surface area (Å²) in [6.45, 7) is -2.97. The van der Waals surface area contributed by atoms with E-state index < -0.39 is 80.0 Å². The standard InChI is InChI=1S/C13H23NO12/c14-11(22)13(23)9(21)5(2-16)25-12(13,3-17)26-10-8(20)7(19)6(18)4(1-15)24-10/h4-10,15-21,23H,1-3H2,(H2,14,22)/t4-,5-,6-,7+,8-,9-,10-,12+,13-/m1/s1. The normalized spacial score (nSPS) is 49.3. The maximum absolute atomic E-state index is 11.8. The van der Waals surface area contributed by atoms with Crippen molar-refractivity contribution in [2.24, 2.45) is 5.73 Å². The van der Waals surface area contributed by atoms with Crippen molar-refractivity contribution in [2.75, 3.05) is 19.8 Å². The number of primary amides is 1. The van der Waals surface area contributed by atoms with Crippen molar-refractivity contribution in [3.8, 4) is 0 Å². The number of aliphatic hydroxyl groups excluding tert-OH is 7. The minimum absolute atomic E-state index is 0.792. The Hall–Kier alpha value is -0.970. The smallest absolute Gasteiger partial charge is 0.258 e. The largest absolute Gasteiger partial charge is 0.394 e. The highest BCUT2D eigenvalue weighted by Crippen LogP contribution is 2.43. The summed E-state index contributed by atoms with van der Waals surface area (Å²) < 4.78 is 15.3. The second kappa shape index (κ2) is 7.57. The topological polar surface area (TPSA) is 233 Å². The van der Waals surface area contributed by atoms with Crippen LogP contribution in [0.25, 0.3) is 0 Å². The molecule has 2 saturated heterocycles. The maximum atomic E-state index is 11.8. The Labute approximate surface area is 146 Å². The monoisotopic (exact) mass is 385 g/mol. The number of ether oxygens (including phenoxy) is 3. The van der Waals surface area contributed by atoms with E-state index in [2.05, 4.69) is 0 Å². The van der Waals surface area contributed by atoms with Gasteiger partial charge in [0, 0.05) is 0 Å². The minimum Gasteiger partial charge on any atom is -0.394 e. The van der Waals surface area contributed by atoms with Gasteiger partial charge in [0.05, 0.1) is 13.2 Å². The third-order valence-corrected chi connectivity index (χ3v) is 4.62. The third-order valence-electron chi connectivity index (χ3n) is 4.62. The molecule has 0 aromatic heterocycles. The van der Waals surface area contributed by atoms with E-state index in [1.807, 2.05) is 0 Å². The van der Waals surface area contributed by atoms with Crippen LogP contribution >= 0.6 is 0 Å². The van der Waals surface area contributed by atoms with Crippen LogP contribution in [0.1, 0.15) is 0 Å². The molecular weight excluding hydrogens is 362 g/mol. The zero-order chi connectivity index (χ0) is 19.9. The third kappa shape index (κ3) is 3.00. The first-order valence-corrected chi connectivity index (χ1v) is 7.67. The molecule has 9 atom stereocenters. The summed E-state index contributed by atoms with van der Waals surface area (Å²) in [6.07, 6.45) is -12.5. The molecule has 0 bridgehead atoms. The van der Waals surface area contributed by atoms with Gasteiger partial charge in [-0.1, -0.05) is 0 Å². The van der Waals surface area contributed by atoms with Gasteiger partial charge in [0.1, 0.15) is 43.2 Å². The molecule has 13 heteroatoms. The Bertz CT molecular complexity index is 519. The van der Waals surface area contributed by atoms with Crippen LogP contribution in [0.5, 0.6) is 0 Å². The van der Waals surface area contributed by atoms with Crippen LogP contribution < -0.4 is 5.73 Å². The summed E-state index contributed by atoms with van der Waals surface area (Å²) >= 11 is 0. The van der Waals surface area contributed by atoms with E-state index >= 15 is 0 Å². The van der Waals surface area contributed by atoms with Gasteiger partial charge in [-0.25, -0.2) is 0 Å². The summed E-state index contributed by atoms with van der Waals surface area (Å²) in [6, 6.07) is 0. The Morgan fingerprint density at radius 3 is 2.04 bits per heavy atom. The lowest BCUT2D eigenvalue weighted by Crippen LogP contribution is -2.70. The van der Waals surface area contributed by atoms with Crippen LogP contribution in [-0.4, -0.2) is 121 Å². The Morgan fingerprint density at radius 1 is 1.00 bits per heavy atom. The van der Waals surface area contributed by atoms with Crippen molar-refractivity contribution in [2.45, 2.75) is 54.3 Å². The number of hydrogen-bond acceptors (Lipinski definition) is 12. The molecule has 0 aliphatic carbocycles. The van der Waals surface area contributed by atoms with E-state index in [1.54, 1.807) is 0 Å². The molecule has 152 valence electrons. The summed E-state index contributed by atoms with van der Waals surface area (Å²) in [5.74, 6) is -4.35. The zero-order valence-electron chi connectivity index (χ0n) is 13.5. The fourth-order valence-electron chi connectivity index (χ4n) is 3.03. The summed E-state index contributed by atoms with van der Waals surface area (Å²) in [4.78, 5) is 11.8. The number of aliphatic hydroxyl groups is 8. The highest BCUT2D eigenvalue weighted by molar-refractivity contribution is 5.86. The van der Waals surface area contributed by atoms with E-state index in [0.29, 0.717) is 0 Å². The molecule has 2 aliphatic heterocycles. The molecule has 10 N–H and O–H groups in total. The number of amides is 1. The Morgan fingerprint density at radius 2 is 1.58 bits per heavy atom. The maximum Gasteiger partial charge on any atom is 0.258 e. The molecule has 2 heterocycles. The van der Waals surface area contributed by atoms with Gasteiger partial charge in [0.15, 0.2) is 6.29 Å². The van der Waals surface area contributed by atoms with Crippen molar-refractivity contribution < 1.29 is 59.9 Å². The van der Waals surface area contributed by atoms with Gasteiger partial charge in [-0.3, -0.25) is 4.79 Å². The molecule has 0 saturated carbocycles. The average Bonchev–Trinajstić information content (AvgIpc) is 2.85. The SMILES string of the molecule is NC(=O)[C@]1(O)[C@H](O)[C@@H](CO)O[C@@]1(CO)O[C@H]1O[C@H](CO)[C@@H](O)[C@H](O)[C@H]1O. The average molecular weight is 385 g/mol. The van der Waals surface area contributed by atoms with Gasteiger partial charge < -0.3 is 60.8 Å². The highest BCUT2D eigenvalue weighted by Gasteiger charge is 2.71. The molecule has 2 aliphatic rings. The quantitative estimate of drug-likeness (QED) is 0.208. The molecule has 0 unspecified atom stereocenters. The van der Waals surface area contributed by atoms with Crippen LogP contribution in [0.15, 0.2) is 0 Å². The van der Waals surface area contributed by atoms with Gasteiger partial charge in [-0.05, 0) is 0 Å². The van der Waals surface area contributed by atoms with E-state index in [-0.39, 0.29) is 0 Å². The Balaban J connectivity index is 2.38. The number of hydrogen-bond donors (Lipinski definition) is 9. The van der Waals surface area contributed by atoms with E-state index in [0.717, 1.165) is 0 Å². The van der Waals surface area contributed by atoms with Crippen LogP contribution in [0, 0.1) is 0 Å². The van der Waals surface area contributed by atoms with Crippen LogP contribution in [-0.2, 0) is 19.0 Å². The molecule has 2 rings (SSSR count). The van der Waals surface area contributed by atoms with Crippen molar-refractivity contribution in [1.82, 2.24) is 0 Å². The van der Waals surface area contributed by atoms with E-state index in [4.69, 9.17) is 25.1 Å². The zero-order valence-corrected chi connectivity index (χ0v) is 13.5.